The van der Waals surface area contributed by atoms with Crippen molar-refractivity contribution in [2.45, 2.75) is 0 Å². The lowest BCUT2D eigenvalue weighted by Gasteiger charge is -2.27. The molecule has 0 atom stereocenters. The fourth-order valence-electron chi connectivity index (χ4n) is 3.57. The minimum absolute atomic E-state index is 0.130. The number of halogens is 2. The van der Waals surface area contributed by atoms with Crippen LogP contribution in [0, 0.1) is 5.82 Å². The number of thiophene rings is 1. The van der Waals surface area contributed by atoms with Gasteiger partial charge in [0.15, 0.2) is 17.3 Å². The van der Waals surface area contributed by atoms with Gasteiger partial charge >= 0.3 is 6.03 Å². The fourth-order valence-corrected chi connectivity index (χ4v) is 4.73. The third kappa shape index (κ3) is 3.55. The number of anilines is 4. The van der Waals surface area contributed by atoms with Crippen LogP contribution in [0.1, 0.15) is 10.4 Å². The van der Waals surface area contributed by atoms with E-state index in [0.29, 0.717) is 43.7 Å². The summed E-state index contributed by atoms with van der Waals surface area (Å²) in [6, 6.07) is 8.15. The van der Waals surface area contributed by atoms with Gasteiger partial charge in [0, 0.05) is 5.56 Å². The van der Waals surface area contributed by atoms with Crippen molar-refractivity contribution in [2.24, 2.45) is 0 Å². The number of ether oxygens (including phenoxy) is 2. The summed E-state index contributed by atoms with van der Waals surface area (Å²) in [5.41, 5.74) is 1.04. The first kappa shape index (κ1) is 21.9. The van der Waals surface area contributed by atoms with Crippen molar-refractivity contribution in [1.29, 1.82) is 0 Å². The van der Waals surface area contributed by atoms with Gasteiger partial charge in [0.2, 0.25) is 0 Å². The van der Waals surface area contributed by atoms with E-state index in [9.17, 15) is 14.0 Å². The van der Waals surface area contributed by atoms with Crippen LogP contribution in [0.25, 0.3) is 10.2 Å². The van der Waals surface area contributed by atoms with Crippen LogP contribution in [0.2, 0.25) is 5.02 Å². The van der Waals surface area contributed by atoms with Crippen molar-refractivity contribution in [3.63, 3.8) is 0 Å². The molecule has 172 valence electrons. The number of methoxy groups -OCH3 is 2. The molecule has 0 radical (unpaired) electrons. The number of amides is 3. The van der Waals surface area contributed by atoms with E-state index in [1.165, 1.54) is 55.0 Å². The van der Waals surface area contributed by atoms with Gasteiger partial charge in [-0.05, 0) is 36.4 Å². The number of benzene rings is 2. The van der Waals surface area contributed by atoms with Crippen LogP contribution < -0.4 is 25.0 Å². The summed E-state index contributed by atoms with van der Waals surface area (Å²) in [6.45, 7) is 0. The summed E-state index contributed by atoms with van der Waals surface area (Å²) >= 11 is 7.10. The van der Waals surface area contributed by atoms with E-state index in [1.54, 1.807) is 18.2 Å². The Bertz CT molecular complexity index is 1480. The molecule has 0 saturated carbocycles. The quantitative estimate of drug-likeness (QED) is 0.379. The minimum atomic E-state index is -0.605. The molecule has 1 aliphatic rings. The molecular weight excluding hydrogens is 485 g/mol. The number of hydrogen-bond donors (Lipinski definition) is 2. The number of nitrogens with one attached hydrogen (secondary N) is 2. The molecule has 3 heterocycles. The Balaban J connectivity index is 1.54. The Labute approximate surface area is 201 Å². The molecule has 4 aromatic rings. The number of hydrogen-bond acceptors (Lipinski definition) is 7. The zero-order valence-corrected chi connectivity index (χ0v) is 19.3. The van der Waals surface area contributed by atoms with Crippen molar-refractivity contribution in [2.75, 3.05) is 29.8 Å². The van der Waals surface area contributed by atoms with Gasteiger partial charge in [-0.25, -0.2) is 24.1 Å². The molecule has 12 heteroatoms. The first-order chi connectivity index (χ1) is 16.4. The smallest absolute Gasteiger partial charge is 0.332 e. The van der Waals surface area contributed by atoms with Crippen molar-refractivity contribution in [3.8, 4) is 11.5 Å². The van der Waals surface area contributed by atoms with Gasteiger partial charge < -0.3 is 20.1 Å². The van der Waals surface area contributed by atoms with E-state index >= 15 is 0 Å². The van der Waals surface area contributed by atoms with Crippen LogP contribution in [-0.4, -0.2) is 36.1 Å². The monoisotopic (exact) mass is 499 g/mol. The molecule has 34 heavy (non-hydrogen) atoms. The van der Waals surface area contributed by atoms with Gasteiger partial charge in [0.1, 0.15) is 22.0 Å². The van der Waals surface area contributed by atoms with Gasteiger partial charge in [0.25, 0.3) is 5.91 Å². The van der Waals surface area contributed by atoms with Crippen LogP contribution in [0.5, 0.6) is 11.5 Å². The molecular formula is C22H15ClFN5O4S. The molecule has 0 unspecified atom stereocenters. The molecule has 0 spiro atoms. The minimum Gasteiger partial charge on any atom is -0.493 e. The largest absolute Gasteiger partial charge is 0.493 e. The van der Waals surface area contributed by atoms with Gasteiger partial charge in [-0.1, -0.05) is 22.9 Å². The van der Waals surface area contributed by atoms with Gasteiger partial charge in [-0.3, -0.25) is 4.79 Å². The van der Waals surface area contributed by atoms with Crippen LogP contribution in [0.15, 0.2) is 42.7 Å². The van der Waals surface area contributed by atoms with E-state index in [4.69, 9.17) is 21.1 Å². The fraction of sp³-hybridized carbons (Fsp3) is 0.0909. The predicted octanol–water partition coefficient (Wildman–Crippen LogP) is 5.44. The first-order valence-electron chi connectivity index (χ1n) is 9.78. The van der Waals surface area contributed by atoms with E-state index in [-0.39, 0.29) is 10.8 Å². The molecule has 9 nitrogen and oxygen atoms in total. The van der Waals surface area contributed by atoms with Crippen molar-refractivity contribution >= 4 is 67.3 Å². The highest BCUT2D eigenvalue weighted by atomic mass is 35.5. The lowest BCUT2D eigenvalue weighted by Crippen LogP contribution is -2.34. The SMILES string of the molecule is COc1ccc(C(=O)Nc2sc3ncnc4c3c2NC(=O)N4c2ccc(F)c(Cl)c2)cc1OC. The summed E-state index contributed by atoms with van der Waals surface area (Å²) in [5.74, 6) is 0.161. The first-order valence-corrected chi connectivity index (χ1v) is 11.0. The second kappa shape index (κ2) is 8.43. The molecule has 1 aliphatic heterocycles. The molecule has 5 rings (SSSR count). The highest BCUT2D eigenvalue weighted by Gasteiger charge is 2.33. The maximum Gasteiger partial charge on any atom is 0.332 e. The zero-order valence-electron chi connectivity index (χ0n) is 17.7. The third-order valence-corrected chi connectivity index (χ3v) is 6.45. The standard InChI is InChI=1S/C22H15ClFN5O4S/c1-32-14-6-3-10(7-15(14)33-2)19(30)28-21-17-16-18(25-9-26-20(16)34-21)29(22(31)27-17)11-4-5-13(24)12(23)8-11/h3-9H,1-2H3,(H,27,31)(H,28,30). The number of nitrogens with zero attached hydrogens (tertiary/aromatic N) is 3. The average Bonchev–Trinajstić information content (AvgIpc) is 3.18. The second-order valence-corrected chi connectivity index (χ2v) is 8.48. The summed E-state index contributed by atoms with van der Waals surface area (Å²) in [4.78, 5) is 36.4. The Kier molecular flexibility index (Phi) is 5.42. The number of carbonyl (C=O) groups is 2. The lowest BCUT2D eigenvalue weighted by molar-refractivity contribution is 0.102. The van der Waals surface area contributed by atoms with Crippen molar-refractivity contribution < 1.29 is 23.5 Å². The molecule has 2 aromatic heterocycles. The molecule has 3 amide bonds. The van der Waals surface area contributed by atoms with Crippen LogP contribution in [-0.2, 0) is 0 Å². The van der Waals surface area contributed by atoms with E-state index in [0.717, 1.165) is 0 Å². The summed E-state index contributed by atoms with van der Waals surface area (Å²) in [7, 11) is 2.98. The highest BCUT2D eigenvalue weighted by Crippen LogP contribution is 2.47. The average molecular weight is 500 g/mol. The van der Waals surface area contributed by atoms with Crippen molar-refractivity contribution in [1.82, 2.24) is 9.97 Å². The Morgan fingerprint density at radius 3 is 2.68 bits per heavy atom. The Morgan fingerprint density at radius 1 is 1.15 bits per heavy atom. The number of rotatable bonds is 5. The Morgan fingerprint density at radius 2 is 1.94 bits per heavy atom. The number of aromatic nitrogens is 2. The van der Waals surface area contributed by atoms with E-state index < -0.39 is 17.8 Å². The second-order valence-electron chi connectivity index (χ2n) is 7.07. The molecule has 2 aromatic carbocycles. The maximum absolute atomic E-state index is 13.7. The molecule has 2 N–H and O–H groups in total. The maximum atomic E-state index is 13.7. The molecule has 0 bridgehead atoms. The molecule has 0 aliphatic carbocycles. The lowest BCUT2D eigenvalue weighted by atomic mass is 10.2. The van der Waals surface area contributed by atoms with Crippen molar-refractivity contribution in [3.05, 3.63) is 59.1 Å². The van der Waals surface area contributed by atoms with Crippen LogP contribution in [0.4, 0.5) is 31.4 Å². The van der Waals surface area contributed by atoms with Crippen LogP contribution >= 0.6 is 22.9 Å². The summed E-state index contributed by atoms with van der Waals surface area (Å²) in [6.07, 6.45) is 1.31. The molecule has 0 fully saturated rings. The third-order valence-electron chi connectivity index (χ3n) is 5.15. The highest BCUT2D eigenvalue weighted by molar-refractivity contribution is 7.23. The van der Waals surface area contributed by atoms with Gasteiger partial charge in [-0.2, -0.15) is 0 Å². The van der Waals surface area contributed by atoms with Gasteiger partial charge in [-0.15, -0.1) is 0 Å². The number of urea groups is 1. The Hall–Kier alpha value is -3.96. The zero-order chi connectivity index (χ0) is 24.0. The topological polar surface area (TPSA) is 106 Å². The number of carbonyl (C=O) groups excluding carboxylic acids is 2. The predicted molar refractivity (Wildman–Crippen MR) is 127 cm³/mol. The summed E-state index contributed by atoms with van der Waals surface area (Å²) < 4.78 is 24.1. The van der Waals surface area contributed by atoms with E-state index in [2.05, 4.69) is 20.6 Å². The van der Waals surface area contributed by atoms with Crippen LogP contribution in [0.3, 0.4) is 0 Å². The van der Waals surface area contributed by atoms with Gasteiger partial charge in [0.05, 0.1) is 36.0 Å². The summed E-state index contributed by atoms with van der Waals surface area (Å²) in [5, 5.41) is 6.39. The van der Waals surface area contributed by atoms with E-state index in [1.807, 2.05) is 0 Å². The normalized spacial score (nSPS) is 12.5. The molecule has 0 saturated heterocycles.